The predicted octanol–water partition coefficient (Wildman–Crippen LogP) is 1.34. The van der Waals surface area contributed by atoms with E-state index in [2.05, 4.69) is 5.16 Å². The van der Waals surface area contributed by atoms with Crippen molar-refractivity contribution in [2.45, 2.75) is 31.6 Å². The molecule has 1 aromatic rings. The van der Waals surface area contributed by atoms with Gasteiger partial charge in [0.15, 0.2) is 5.76 Å². The maximum Gasteiger partial charge on any atom is 0.248 e. The van der Waals surface area contributed by atoms with Crippen molar-refractivity contribution >= 4 is 10.0 Å². The highest BCUT2D eigenvalue weighted by Gasteiger charge is 2.30. The van der Waals surface area contributed by atoms with Crippen LogP contribution in [0.25, 0.3) is 0 Å². The van der Waals surface area contributed by atoms with Crippen LogP contribution < -0.4 is 0 Å². The summed E-state index contributed by atoms with van der Waals surface area (Å²) in [6, 6.07) is 0. The molecule has 7 heteroatoms. The molecule has 1 fully saturated rings. The van der Waals surface area contributed by atoms with Gasteiger partial charge in [0, 0.05) is 26.8 Å². The number of aromatic nitrogens is 1. The average Bonchev–Trinajstić information content (AvgIpc) is 2.70. The molecule has 1 saturated heterocycles. The summed E-state index contributed by atoms with van der Waals surface area (Å²) in [4.78, 5) is 0.196. The van der Waals surface area contributed by atoms with Gasteiger partial charge in [-0.15, -0.1) is 0 Å². The zero-order valence-electron chi connectivity index (χ0n) is 11.5. The Kier molecular flexibility index (Phi) is 4.27. The van der Waals surface area contributed by atoms with E-state index in [9.17, 15) is 8.42 Å². The molecule has 1 aliphatic heterocycles. The molecule has 0 spiro atoms. The van der Waals surface area contributed by atoms with Crippen molar-refractivity contribution in [1.82, 2.24) is 9.46 Å². The van der Waals surface area contributed by atoms with Crippen LogP contribution in [0.15, 0.2) is 9.42 Å². The second-order valence-electron chi connectivity index (χ2n) is 4.99. The van der Waals surface area contributed by atoms with E-state index in [4.69, 9.17) is 9.26 Å². The molecular formula is C12H20N2O4S. The lowest BCUT2D eigenvalue weighted by Gasteiger charge is -2.26. The molecule has 6 nitrogen and oxygen atoms in total. The molecule has 0 unspecified atom stereocenters. The van der Waals surface area contributed by atoms with Crippen LogP contribution in [0.4, 0.5) is 0 Å². The summed E-state index contributed by atoms with van der Waals surface area (Å²) in [7, 11) is -1.91. The molecule has 0 aliphatic carbocycles. The fourth-order valence-electron chi connectivity index (χ4n) is 2.39. The normalized spacial score (nSPS) is 18.1. The standard InChI is InChI=1S/C12H20N2O4S/c1-9-12(10(2)18-13-9)19(15,16)14(3)8-11-4-6-17-7-5-11/h11H,4-8H2,1-3H3. The van der Waals surface area contributed by atoms with Crippen LogP contribution in [0.3, 0.4) is 0 Å². The SMILES string of the molecule is Cc1noc(C)c1S(=O)(=O)N(C)CC1CCOCC1. The maximum absolute atomic E-state index is 12.5. The van der Waals surface area contributed by atoms with Gasteiger partial charge in [-0.1, -0.05) is 5.16 Å². The van der Waals surface area contributed by atoms with Crippen molar-refractivity contribution in [2.75, 3.05) is 26.8 Å². The number of aryl methyl sites for hydroxylation is 2. The van der Waals surface area contributed by atoms with Crippen LogP contribution in [0.5, 0.6) is 0 Å². The summed E-state index contributed by atoms with van der Waals surface area (Å²) in [5.41, 5.74) is 0.413. The minimum Gasteiger partial charge on any atom is -0.381 e. The third kappa shape index (κ3) is 2.98. The molecule has 0 amide bonds. The van der Waals surface area contributed by atoms with Gasteiger partial charge in [-0.05, 0) is 32.6 Å². The zero-order chi connectivity index (χ0) is 14.0. The first-order chi connectivity index (χ1) is 8.93. The molecule has 1 aliphatic rings. The van der Waals surface area contributed by atoms with Gasteiger partial charge in [0.05, 0.1) is 0 Å². The summed E-state index contributed by atoms with van der Waals surface area (Å²) in [6.45, 7) is 5.20. The molecule has 0 bridgehead atoms. The maximum atomic E-state index is 12.5. The monoisotopic (exact) mass is 288 g/mol. The number of hydrogen-bond acceptors (Lipinski definition) is 5. The van der Waals surface area contributed by atoms with E-state index in [1.54, 1.807) is 20.9 Å². The van der Waals surface area contributed by atoms with Gasteiger partial charge in [-0.3, -0.25) is 0 Å². The van der Waals surface area contributed by atoms with Gasteiger partial charge in [-0.2, -0.15) is 0 Å². The molecule has 0 atom stereocenters. The second kappa shape index (κ2) is 5.60. The van der Waals surface area contributed by atoms with E-state index < -0.39 is 10.0 Å². The number of hydrogen-bond donors (Lipinski definition) is 0. The molecule has 0 saturated carbocycles. The Morgan fingerprint density at radius 3 is 2.47 bits per heavy atom. The minimum atomic E-state index is -3.52. The molecule has 0 N–H and O–H groups in total. The highest BCUT2D eigenvalue weighted by atomic mass is 32.2. The Labute approximate surface area is 113 Å². The first-order valence-corrected chi connectivity index (χ1v) is 7.84. The molecule has 0 aromatic carbocycles. The van der Waals surface area contributed by atoms with E-state index >= 15 is 0 Å². The highest BCUT2D eigenvalue weighted by Crippen LogP contribution is 2.24. The Morgan fingerprint density at radius 2 is 1.95 bits per heavy atom. The highest BCUT2D eigenvalue weighted by molar-refractivity contribution is 7.89. The van der Waals surface area contributed by atoms with Crippen molar-refractivity contribution in [1.29, 1.82) is 0 Å². The van der Waals surface area contributed by atoms with Crippen LogP contribution in [-0.2, 0) is 14.8 Å². The Hall–Kier alpha value is -0.920. The largest absolute Gasteiger partial charge is 0.381 e. The van der Waals surface area contributed by atoms with E-state index in [0.717, 1.165) is 12.8 Å². The zero-order valence-corrected chi connectivity index (χ0v) is 12.4. The van der Waals surface area contributed by atoms with Crippen LogP contribution in [0, 0.1) is 19.8 Å². The van der Waals surface area contributed by atoms with Crippen LogP contribution >= 0.6 is 0 Å². The summed E-state index contributed by atoms with van der Waals surface area (Å²) < 4.78 is 36.6. The Balaban J connectivity index is 2.15. The predicted molar refractivity (Wildman–Crippen MR) is 69.3 cm³/mol. The molecule has 2 heterocycles. The lowest BCUT2D eigenvalue weighted by molar-refractivity contribution is 0.0620. The summed E-state index contributed by atoms with van der Waals surface area (Å²) in [5.74, 6) is 0.699. The van der Waals surface area contributed by atoms with Crippen molar-refractivity contribution in [3.05, 3.63) is 11.5 Å². The summed E-state index contributed by atoms with van der Waals surface area (Å²) in [5, 5.41) is 3.71. The van der Waals surface area contributed by atoms with Crippen molar-refractivity contribution in [3.63, 3.8) is 0 Å². The Bertz CT molecular complexity index is 512. The van der Waals surface area contributed by atoms with Gasteiger partial charge < -0.3 is 9.26 Å². The van der Waals surface area contributed by atoms with Crippen molar-refractivity contribution in [3.8, 4) is 0 Å². The van der Waals surface area contributed by atoms with Crippen LogP contribution in [0.2, 0.25) is 0 Å². The molecule has 19 heavy (non-hydrogen) atoms. The lowest BCUT2D eigenvalue weighted by Crippen LogP contribution is -2.34. The van der Waals surface area contributed by atoms with Gasteiger partial charge in [-0.25, -0.2) is 12.7 Å². The van der Waals surface area contributed by atoms with Gasteiger partial charge in [0.2, 0.25) is 10.0 Å². The van der Waals surface area contributed by atoms with Gasteiger partial charge >= 0.3 is 0 Å². The molecule has 0 radical (unpaired) electrons. The smallest absolute Gasteiger partial charge is 0.248 e. The minimum absolute atomic E-state index is 0.196. The number of sulfonamides is 1. The number of nitrogens with zero attached hydrogens (tertiary/aromatic N) is 2. The molecule has 2 rings (SSSR count). The van der Waals surface area contributed by atoms with Gasteiger partial charge in [0.1, 0.15) is 10.6 Å². The van der Waals surface area contributed by atoms with E-state index in [0.29, 0.717) is 37.1 Å². The quantitative estimate of drug-likeness (QED) is 0.836. The molecule has 108 valence electrons. The van der Waals surface area contributed by atoms with Crippen LogP contribution in [0.1, 0.15) is 24.3 Å². The number of ether oxygens (including phenoxy) is 1. The van der Waals surface area contributed by atoms with Gasteiger partial charge in [0.25, 0.3) is 0 Å². The molecular weight excluding hydrogens is 268 g/mol. The third-order valence-corrected chi connectivity index (χ3v) is 5.56. The topological polar surface area (TPSA) is 72.6 Å². The Morgan fingerprint density at radius 1 is 1.32 bits per heavy atom. The first-order valence-electron chi connectivity index (χ1n) is 6.40. The molecule has 1 aromatic heterocycles. The average molecular weight is 288 g/mol. The van der Waals surface area contributed by atoms with E-state index in [1.165, 1.54) is 4.31 Å². The van der Waals surface area contributed by atoms with E-state index in [-0.39, 0.29) is 4.90 Å². The van der Waals surface area contributed by atoms with Crippen molar-refractivity contribution in [2.24, 2.45) is 5.92 Å². The lowest BCUT2D eigenvalue weighted by atomic mass is 10.0. The van der Waals surface area contributed by atoms with Crippen molar-refractivity contribution < 1.29 is 17.7 Å². The fourth-order valence-corrected chi connectivity index (χ4v) is 3.92. The summed E-state index contributed by atoms with van der Waals surface area (Å²) >= 11 is 0. The third-order valence-electron chi connectivity index (χ3n) is 3.49. The van der Waals surface area contributed by atoms with E-state index in [1.807, 2.05) is 0 Å². The number of rotatable bonds is 4. The fraction of sp³-hybridized carbons (Fsp3) is 0.750. The second-order valence-corrected chi connectivity index (χ2v) is 6.98. The summed E-state index contributed by atoms with van der Waals surface area (Å²) in [6.07, 6.45) is 1.81. The first kappa shape index (κ1) is 14.5. The van der Waals surface area contributed by atoms with Crippen LogP contribution in [-0.4, -0.2) is 44.7 Å².